The first-order chi connectivity index (χ1) is 10.4. The lowest BCUT2D eigenvalue weighted by molar-refractivity contribution is -0.138. The Morgan fingerprint density at radius 1 is 1.22 bits per heavy atom. The number of halogens is 6. The highest BCUT2D eigenvalue weighted by atomic mass is 35.5. The summed E-state index contributed by atoms with van der Waals surface area (Å²) in [5.41, 5.74) is -1.09. The predicted octanol–water partition coefficient (Wildman–Crippen LogP) is 3.30. The van der Waals surface area contributed by atoms with E-state index >= 15 is 0 Å². The summed E-state index contributed by atoms with van der Waals surface area (Å²) in [5.74, 6) is -1.84. The standard InChI is InChI=1S/C11H7Cl3F3NO4S/c12-8(9(13)14)10(19)22-3-4-23(20,21)7-2-1-6(5-18-7)11(15,16)17/h1-2,5H,3-4H2. The third-order valence-electron chi connectivity index (χ3n) is 2.31. The van der Waals surface area contributed by atoms with Gasteiger partial charge in [0.25, 0.3) is 0 Å². The molecule has 0 spiro atoms. The van der Waals surface area contributed by atoms with Gasteiger partial charge >= 0.3 is 12.1 Å². The molecule has 0 saturated carbocycles. The maximum absolute atomic E-state index is 12.4. The van der Waals surface area contributed by atoms with Crippen LogP contribution < -0.4 is 0 Å². The van der Waals surface area contributed by atoms with Gasteiger partial charge in [0.05, 0.1) is 11.3 Å². The van der Waals surface area contributed by atoms with Gasteiger partial charge in [-0.2, -0.15) is 13.2 Å². The van der Waals surface area contributed by atoms with E-state index in [0.717, 1.165) is 0 Å². The van der Waals surface area contributed by atoms with Gasteiger partial charge in [-0.25, -0.2) is 18.2 Å². The topological polar surface area (TPSA) is 73.3 Å². The fraction of sp³-hybridized carbons (Fsp3) is 0.273. The van der Waals surface area contributed by atoms with Gasteiger partial charge in [-0.3, -0.25) is 0 Å². The number of sulfone groups is 1. The lowest BCUT2D eigenvalue weighted by atomic mass is 10.3. The van der Waals surface area contributed by atoms with Gasteiger partial charge in [-0.05, 0) is 12.1 Å². The third-order valence-corrected chi connectivity index (χ3v) is 4.81. The van der Waals surface area contributed by atoms with E-state index in [1.807, 2.05) is 0 Å². The Morgan fingerprint density at radius 3 is 2.26 bits per heavy atom. The Bertz CT molecular complexity index is 713. The minimum Gasteiger partial charge on any atom is -0.460 e. The van der Waals surface area contributed by atoms with Crippen molar-refractivity contribution < 1.29 is 31.1 Å². The number of rotatable bonds is 5. The predicted molar refractivity (Wildman–Crippen MR) is 76.8 cm³/mol. The van der Waals surface area contributed by atoms with E-state index in [1.165, 1.54) is 0 Å². The summed E-state index contributed by atoms with van der Waals surface area (Å²) in [4.78, 5) is 14.5. The fourth-order valence-corrected chi connectivity index (χ4v) is 2.43. The number of hydrogen-bond acceptors (Lipinski definition) is 5. The molecule has 0 N–H and O–H groups in total. The van der Waals surface area contributed by atoms with Crippen LogP contribution in [-0.4, -0.2) is 31.7 Å². The summed E-state index contributed by atoms with van der Waals surface area (Å²) >= 11 is 15.8. The summed E-state index contributed by atoms with van der Waals surface area (Å²) in [7, 11) is -4.04. The Labute approximate surface area is 143 Å². The lowest BCUT2D eigenvalue weighted by Gasteiger charge is -2.08. The molecule has 0 fully saturated rings. The first-order valence-electron chi connectivity index (χ1n) is 5.59. The molecular formula is C11H7Cl3F3NO4S. The van der Waals surface area contributed by atoms with E-state index in [9.17, 15) is 26.4 Å². The molecule has 0 aliphatic rings. The molecule has 0 bridgehead atoms. The first-order valence-corrected chi connectivity index (χ1v) is 8.37. The summed E-state index contributed by atoms with van der Waals surface area (Å²) in [5, 5.41) is -1.21. The van der Waals surface area contributed by atoms with Crippen molar-refractivity contribution >= 4 is 50.6 Å². The van der Waals surface area contributed by atoms with Crippen LogP contribution in [0.5, 0.6) is 0 Å². The number of aromatic nitrogens is 1. The lowest BCUT2D eigenvalue weighted by Crippen LogP contribution is -2.17. The number of pyridine rings is 1. The van der Waals surface area contributed by atoms with Gasteiger partial charge in [-0.1, -0.05) is 34.8 Å². The van der Waals surface area contributed by atoms with E-state index < -0.39 is 54.5 Å². The van der Waals surface area contributed by atoms with Crippen molar-refractivity contribution in [3.05, 3.63) is 33.4 Å². The van der Waals surface area contributed by atoms with Crippen molar-refractivity contribution in [1.29, 1.82) is 0 Å². The van der Waals surface area contributed by atoms with Crippen LogP contribution in [0.25, 0.3) is 0 Å². The highest BCUT2D eigenvalue weighted by Gasteiger charge is 2.31. The van der Waals surface area contributed by atoms with E-state index in [0.29, 0.717) is 18.3 Å². The molecule has 0 amide bonds. The zero-order valence-electron chi connectivity index (χ0n) is 10.9. The number of carbonyl (C=O) groups is 1. The van der Waals surface area contributed by atoms with Crippen molar-refractivity contribution in [2.75, 3.05) is 12.4 Å². The molecular weight excluding hydrogens is 406 g/mol. The van der Waals surface area contributed by atoms with Crippen molar-refractivity contribution in [2.45, 2.75) is 11.2 Å². The highest BCUT2D eigenvalue weighted by molar-refractivity contribution is 7.91. The molecule has 23 heavy (non-hydrogen) atoms. The van der Waals surface area contributed by atoms with Crippen molar-refractivity contribution in [2.24, 2.45) is 0 Å². The molecule has 1 rings (SSSR count). The normalized spacial score (nSPS) is 11.9. The molecule has 1 aromatic rings. The van der Waals surface area contributed by atoms with Crippen LogP contribution in [0.3, 0.4) is 0 Å². The van der Waals surface area contributed by atoms with Crippen LogP contribution in [0.4, 0.5) is 13.2 Å². The molecule has 1 heterocycles. The molecule has 1 aromatic heterocycles. The number of nitrogens with zero attached hydrogens (tertiary/aromatic N) is 1. The van der Waals surface area contributed by atoms with Crippen molar-refractivity contribution in [3.63, 3.8) is 0 Å². The minimum absolute atomic E-state index is 0.395. The second-order valence-corrected chi connectivity index (χ2v) is 7.30. The SMILES string of the molecule is O=C(OCCS(=O)(=O)c1ccc(C(F)(F)F)cn1)C(Cl)=C(Cl)Cl. The second kappa shape index (κ2) is 7.69. The van der Waals surface area contributed by atoms with Gasteiger partial charge in [0.2, 0.25) is 0 Å². The van der Waals surface area contributed by atoms with Crippen LogP contribution >= 0.6 is 34.8 Å². The highest BCUT2D eigenvalue weighted by Crippen LogP contribution is 2.28. The van der Waals surface area contributed by atoms with Crippen LogP contribution in [0.2, 0.25) is 0 Å². The van der Waals surface area contributed by atoms with E-state index in [1.54, 1.807) is 0 Å². The minimum atomic E-state index is -4.63. The molecule has 128 valence electrons. The molecule has 0 aliphatic heterocycles. The van der Waals surface area contributed by atoms with Gasteiger partial charge in [0, 0.05) is 6.20 Å². The van der Waals surface area contributed by atoms with E-state index in [4.69, 9.17) is 34.8 Å². The zero-order chi connectivity index (χ0) is 17.8. The Balaban J connectivity index is 2.74. The number of hydrogen-bond donors (Lipinski definition) is 0. The summed E-state index contributed by atoms with van der Waals surface area (Å²) < 4.78 is 64.7. The van der Waals surface area contributed by atoms with E-state index in [-0.39, 0.29) is 0 Å². The largest absolute Gasteiger partial charge is 0.460 e. The van der Waals surface area contributed by atoms with Crippen LogP contribution in [-0.2, 0) is 25.5 Å². The van der Waals surface area contributed by atoms with Crippen LogP contribution in [0.1, 0.15) is 5.56 Å². The first kappa shape index (κ1) is 20.0. The molecule has 0 saturated heterocycles. The molecule has 12 heteroatoms. The third kappa shape index (κ3) is 5.83. The molecule has 0 atom stereocenters. The van der Waals surface area contributed by atoms with Crippen molar-refractivity contribution in [1.82, 2.24) is 4.98 Å². The molecule has 0 aliphatic carbocycles. The van der Waals surface area contributed by atoms with Gasteiger partial charge in [-0.15, -0.1) is 0 Å². The Hall–Kier alpha value is -1.03. The maximum atomic E-state index is 12.4. The number of carbonyl (C=O) groups excluding carboxylic acids is 1. The van der Waals surface area contributed by atoms with Gasteiger partial charge in [0.1, 0.15) is 11.1 Å². The van der Waals surface area contributed by atoms with Gasteiger partial charge < -0.3 is 4.74 Å². The monoisotopic (exact) mass is 411 g/mol. The average molecular weight is 413 g/mol. The molecule has 0 unspecified atom stereocenters. The number of alkyl halides is 3. The second-order valence-electron chi connectivity index (χ2n) is 3.91. The van der Waals surface area contributed by atoms with Gasteiger partial charge in [0.15, 0.2) is 19.9 Å². The Morgan fingerprint density at radius 2 is 1.83 bits per heavy atom. The molecule has 0 radical (unpaired) electrons. The van der Waals surface area contributed by atoms with Crippen LogP contribution in [0, 0.1) is 0 Å². The summed E-state index contributed by atoms with van der Waals surface area (Å²) in [6.45, 7) is -0.610. The van der Waals surface area contributed by atoms with Crippen LogP contribution in [0.15, 0.2) is 32.9 Å². The quantitative estimate of drug-likeness (QED) is 0.548. The average Bonchev–Trinajstić information content (AvgIpc) is 2.45. The van der Waals surface area contributed by atoms with Crippen molar-refractivity contribution in [3.8, 4) is 0 Å². The smallest absolute Gasteiger partial charge is 0.417 e. The Kier molecular flexibility index (Phi) is 6.70. The maximum Gasteiger partial charge on any atom is 0.417 e. The van der Waals surface area contributed by atoms with E-state index in [2.05, 4.69) is 9.72 Å². The summed E-state index contributed by atoms with van der Waals surface area (Å²) in [6, 6.07) is 1.29. The fourth-order valence-electron chi connectivity index (χ4n) is 1.22. The zero-order valence-corrected chi connectivity index (χ0v) is 14.0. The molecule has 0 aromatic carbocycles. The number of ether oxygens (including phenoxy) is 1. The number of esters is 1. The molecule has 5 nitrogen and oxygen atoms in total. The summed E-state index contributed by atoms with van der Waals surface area (Å²) in [6.07, 6.45) is -4.24.